The van der Waals surface area contributed by atoms with Crippen LogP contribution in [-0.4, -0.2) is 61.4 Å². The Kier molecular flexibility index (Phi) is 8.09. The van der Waals surface area contributed by atoms with Gasteiger partial charge in [-0.15, -0.1) is 0 Å². The molecule has 5 atom stereocenters. The molecule has 1 aliphatic rings. The third-order valence-corrected chi connectivity index (χ3v) is 3.86. The molecule has 0 aromatic heterocycles. The highest BCUT2D eigenvalue weighted by molar-refractivity contribution is 5.76. The van der Waals surface area contributed by atoms with Crippen LogP contribution in [0.25, 0.3) is 0 Å². The predicted molar refractivity (Wildman–Crippen MR) is 80.4 cm³/mol. The summed E-state index contributed by atoms with van der Waals surface area (Å²) in [4.78, 5) is 33.7. The summed E-state index contributed by atoms with van der Waals surface area (Å²) in [6.07, 6.45) is -2.03. The van der Waals surface area contributed by atoms with Gasteiger partial charge in [0.1, 0.15) is 32.2 Å². The molecule has 0 aromatic carbocycles. The largest absolute Gasteiger partial charge is 0.463 e. The number of esters is 2. The Morgan fingerprint density at radius 3 is 2.33 bits per heavy atom. The second-order valence-electron chi connectivity index (χ2n) is 5.71. The van der Waals surface area contributed by atoms with Crippen LogP contribution in [0.3, 0.4) is 0 Å². The number of nitrogens with one attached hydrogen (secondary N) is 1. The van der Waals surface area contributed by atoms with Gasteiger partial charge in [0.05, 0.1) is 0 Å². The van der Waals surface area contributed by atoms with E-state index in [-0.39, 0.29) is 25.0 Å². The van der Waals surface area contributed by atoms with Crippen LogP contribution in [0.2, 0.25) is 0 Å². The molecule has 9 heteroatoms. The van der Waals surface area contributed by atoms with E-state index in [2.05, 4.69) is 5.32 Å². The van der Waals surface area contributed by atoms with Gasteiger partial charge in [0.25, 0.3) is 0 Å². The molecule has 1 rings (SSSR count). The van der Waals surface area contributed by atoms with Crippen LogP contribution in [-0.2, 0) is 33.3 Å². The van der Waals surface area contributed by atoms with Gasteiger partial charge in [-0.05, 0) is 0 Å². The van der Waals surface area contributed by atoms with Gasteiger partial charge in [-0.1, -0.05) is 13.8 Å². The topological polar surface area (TPSA) is 120 Å². The van der Waals surface area contributed by atoms with Crippen molar-refractivity contribution in [3.63, 3.8) is 0 Å². The molecule has 0 aliphatic carbocycles. The predicted octanol–water partition coefficient (Wildman–Crippen LogP) is -0.439. The summed E-state index contributed by atoms with van der Waals surface area (Å²) in [5.41, 5.74) is 0. The lowest BCUT2D eigenvalue weighted by molar-refractivity contribution is -0.271. The van der Waals surface area contributed by atoms with E-state index in [0.717, 1.165) is 0 Å². The molecular formula is C15H25NO8. The van der Waals surface area contributed by atoms with Gasteiger partial charge in [0.2, 0.25) is 5.91 Å². The number of carbonyl (C=O) groups excluding carboxylic acids is 3. The normalized spacial score (nSPS) is 29.6. The fourth-order valence-corrected chi connectivity index (χ4v) is 2.46. The molecule has 2 N–H and O–H groups in total. The molecule has 24 heavy (non-hydrogen) atoms. The second-order valence-corrected chi connectivity index (χ2v) is 5.71. The van der Waals surface area contributed by atoms with Crippen molar-refractivity contribution in [2.45, 2.75) is 46.2 Å². The highest BCUT2D eigenvalue weighted by Gasteiger charge is 2.44. The Labute approximate surface area is 140 Å². The van der Waals surface area contributed by atoms with Crippen LogP contribution < -0.4 is 5.32 Å². The van der Waals surface area contributed by atoms with E-state index in [1.165, 1.54) is 13.8 Å². The van der Waals surface area contributed by atoms with E-state index in [0.29, 0.717) is 0 Å². The molecular weight excluding hydrogens is 322 g/mol. The van der Waals surface area contributed by atoms with Crippen LogP contribution in [0.5, 0.6) is 0 Å². The van der Waals surface area contributed by atoms with Crippen molar-refractivity contribution in [3.8, 4) is 0 Å². The van der Waals surface area contributed by atoms with Gasteiger partial charge in [-0.3, -0.25) is 14.4 Å². The third-order valence-electron chi connectivity index (χ3n) is 3.86. The van der Waals surface area contributed by atoms with E-state index >= 15 is 0 Å². The first-order valence-corrected chi connectivity index (χ1v) is 7.71. The van der Waals surface area contributed by atoms with Crippen molar-refractivity contribution in [3.05, 3.63) is 0 Å². The van der Waals surface area contributed by atoms with Crippen molar-refractivity contribution in [2.75, 3.05) is 19.9 Å². The molecule has 0 bridgehead atoms. The quantitative estimate of drug-likeness (QED) is 0.470. The monoisotopic (exact) mass is 347 g/mol. The van der Waals surface area contributed by atoms with E-state index in [1.54, 1.807) is 0 Å². The van der Waals surface area contributed by atoms with Crippen LogP contribution in [0, 0.1) is 11.8 Å². The van der Waals surface area contributed by atoms with Crippen molar-refractivity contribution < 1.29 is 38.4 Å². The van der Waals surface area contributed by atoms with Gasteiger partial charge in [0, 0.05) is 25.7 Å². The first-order chi connectivity index (χ1) is 11.3. The molecule has 0 saturated carbocycles. The molecule has 5 unspecified atom stereocenters. The fraction of sp³-hybridized carbons (Fsp3) is 0.800. The van der Waals surface area contributed by atoms with E-state index in [9.17, 15) is 14.4 Å². The highest BCUT2D eigenvalue weighted by Crippen LogP contribution is 2.33. The number of aliphatic hydroxyl groups excluding tert-OH is 1. The van der Waals surface area contributed by atoms with Crippen LogP contribution >= 0.6 is 0 Å². The lowest BCUT2D eigenvalue weighted by atomic mass is 9.84. The Balaban J connectivity index is 2.76. The summed E-state index contributed by atoms with van der Waals surface area (Å²) in [6.45, 7) is 5.41. The van der Waals surface area contributed by atoms with Crippen LogP contribution in [0.1, 0.15) is 27.7 Å². The lowest BCUT2D eigenvalue weighted by Crippen LogP contribution is -2.54. The second kappa shape index (κ2) is 9.55. The maximum absolute atomic E-state index is 11.4. The summed E-state index contributed by atoms with van der Waals surface area (Å²) in [6, 6.07) is 0. The molecule has 0 radical (unpaired) electrons. The number of rotatable bonds is 7. The van der Waals surface area contributed by atoms with Crippen molar-refractivity contribution in [1.29, 1.82) is 0 Å². The minimum Gasteiger partial charge on any atom is -0.463 e. The van der Waals surface area contributed by atoms with Gasteiger partial charge in [-0.2, -0.15) is 0 Å². The third kappa shape index (κ3) is 6.06. The number of ether oxygens (including phenoxy) is 4. The number of amides is 1. The number of aliphatic hydroxyl groups is 1. The summed E-state index contributed by atoms with van der Waals surface area (Å²) in [5.74, 6) is -1.75. The smallest absolute Gasteiger partial charge is 0.303 e. The first kappa shape index (κ1) is 20.3. The Morgan fingerprint density at radius 1 is 1.12 bits per heavy atom. The average molecular weight is 347 g/mol. The zero-order chi connectivity index (χ0) is 18.3. The molecule has 1 heterocycles. The van der Waals surface area contributed by atoms with E-state index < -0.39 is 43.1 Å². The van der Waals surface area contributed by atoms with E-state index in [4.69, 9.17) is 24.1 Å². The molecule has 0 aromatic rings. The summed E-state index contributed by atoms with van der Waals surface area (Å²) < 4.78 is 21.5. The molecule has 1 fully saturated rings. The summed E-state index contributed by atoms with van der Waals surface area (Å²) in [5, 5.41) is 10.8. The van der Waals surface area contributed by atoms with Gasteiger partial charge >= 0.3 is 11.9 Å². The maximum Gasteiger partial charge on any atom is 0.303 e. The van der Waals surface area contributed by atoms with Crippen LogP contribution in [0.15, 0.2) is 0 Å². The number of hydrogen-bond donors (Lipinski definition) is 2. The lowest BCUT2D eigenvalue weighted by Gasteiger charge is -2.43. The number of hydrogen-bond acceptors (Lipinski definition) is 8. The molecule has 0 spiro atoms. The minimum absolute atomic E-state index is 0.0902. The molecule has 9 nitrogen and oxygen atoms in total. The molecule has 1 amide bonds. The van der Waals surface area contributed by atoms with Crippen LogP contribution in [0.4, 0.5) is 0 Å². The van der Waals surface area contributed by atoms with E-state index in [1.807, 2.05) is 13.8 Å². The zero-order valence-electron chi connectivity index (χ0n) is 14.3. The van der Waals surface area contributed by atoms with Crippen molar-refractivity contribution in [2.24, 2.45) is 11.8 Å². The highest BCUT2D eigenvalue weighted by atomic mass is 16.7. The Morgan fingerprint density at radius 2 is 1.79 bits per heavy atom. The SMILES string of the molecule is CC(=O)OCC1OC(OCC(=O)NCO)C(C)C(C)C1OC(C)=O. The standard InChI is InChI=1S/C15H25NO8/c1-8-9(2)15(22-6-13(20)16-7-17)24-12(5-21-10(3)18)14(8)23-11(4)19/h8-9,12,14-15,17H,5-7H2,1-4H3,(H,16,20). The molecule has 138 valence electrons. The Hall–Kier alpha value is -1.71. The summed E-state index contributed by atoms with van der Waals surface area (Å²) >= 11 is 0. The van der Waals surface area contributed by atoms with Gasteiger partial charge in [0.15, 0.2) is 6.29 Å². The maximum atomic E-state index is 11.4. The fourth-order valence-electron chi connectivity index (χ4n) is 2.46. The first-order valence-electron chi connectivity index (χ1n) is 7.71. The molecule has 1 aliphatic heterocycles. The van der Waals surface area contributed by atoms with Crippen molar-refractivity contribution in [1.82, 2.24) is 5.32 Å². The average Bonchev–Trinajstić information content (AvgIpc) is 2.49. The molecule has 1 saturated heterocycles. The zero-order valence-corrected chi connectivity index (χ0v) is 14.3. The van der Waals surface area contributed by atoms with Gasteiger partial charge in [-0.25, -0.2) is 0 Å². The Bertz CT molecular complexity index is 455. The van der Waals surface area contributed by atoms with Gasteiger partial charge < -0.3 is 29.4 Å². The minimum atomic E-state index is -0.739. The number of carbonyl (C=O) groups is 3. The van der Waals surface area contributed by atoms with Crippen molar-refractivity contribution >= 4 is 17.8 Å². The summed E-state index contributed by atoms with van der Waals surface area (Å²) in [7, 11) is 0.